The van der Waals surface area contributed by atoms with Gasteiger partial charge in [-0.05, 0) is 105 Å². The van der Waals surface area contributed by atoms with Gasteiger partial charge in [0.25, 0.3) is 0 Å². The molecule has 6 aromatic rings. The van der Waals surface area contributed by atoms with Gasteiger partial charge in [-0.25, -0.2) is 0 Å². The normalized spacial score (nSPS) is 18.4. The van der Waals surface area contributed by atoms with Crippen LogP contribution in [0.3, 0.4) is 0 Å². The van der Waals surface area contributed by atoms with Crippen LogP contribution in [0, 0.1) is 0 Å². The fourth-order valence-electron chi connectivity index (χ4n) is 9.51. The van der Waals surface area contributed by atoms with Crippen LogP contribution in [0.4, 0.5) is 0 Å². The van der Waals surface area contributed by atoms with E-state index in [2.05, 4.69) is 137 Å². The summed E-state index contributed by atoms with van der Waals surface area (Å²) in [5.74, 6) is 2.53. The van der Waals surface area contributed by atoms with Crippen molar-refractivity contribution in [3.8, 4) is 39.5 Å². The molecule has 6 aromatic carbocycles. The Morgan fingerprint density at radius 3 is 1.96 bits per heavy atom. The molecule has 0 amide bonds. The van der Waals surface area contributed by atoms with Crippen LogP contribution >= 0.6 is 0 Å². The molecule has 9 rings (SSSR count). The Morgan fingerprint density at radius 2 is 1.24 bits per heavy atom. The van der Waals surface area contributed by atoms with E-state index in [0.29, 0.717) is 0 Å². The first-order valence-corrected chi connectivity index (χ1v) is 17.9. The highest BCUT2D eigenvalue weighted by molar-refractivity contribution is 6.09. The molecule has 0 aromatic heterocycles. The summed E-state index contributed by atoms with van der Waals surface area (Å²) < 4.78 is 19.2. The number of methoxy groups -OCH3 is 2. The Kier molecular flexibility index (Phi) is 6.68. The van der Waals surface area contributed by atoms with E-state index in [4.69, 9.17) is 14.2 Å². The number of hydrogen-bond donors (Lipinski definition) is 0. The number of fused-ring (bicyclic) bond motifs is 11. The molecule has 0 saturated heterocycles. The summed E-state index contributed by atoms with van der Waals surface area (Å²) in [7, 11) is 3.45. The molecule has 3 aliphatic rings. The predicted octanol–water partition coefficient (Wildman–Crippen LogP) is 11.6. The zero-order valence-electron chi connectivity index (χ0n) is 29.7. The molecule has 1 heterocycles. The van der Waals surface area contributed by atoms with Crippen LogP contribution in [0.1, 0.15) is 79.5 Å². The first kappa shape index (κ1) is 30.8. The Labute approximate surface area is 295 Å². The third-order valence-corrected chi connectivity index (χ3v) is 12.2. The van der Waals surface area contributed by atoms with Gasteiger partial charge >= 0.3 is 0 Å². The third-order valence-electron chi connectivity index (χ3n) is 12.2. The van der Waals surface area contributed by atoms with Crippen molar-refractivity contribution in [1.82, 2.24) is 0 Å². The zero-order chi connectivity index (χ0) is 34.4. The van der Waals surface area contributed by atoms with Gasteiger partial charge in [-0.2, -0.15) is 0 Å². The summed E-state index contributed by atoms with van der Waals surface area (Å²) in [4.78, 5) is 0. The van der Waals surface area contributed by atoms with E-state index in [9.17, 15) is 0 Å². The van der Waals surface area contributed by atoms with Gasteiger partial charge in [0.2, 0.25) is 0 Å². The van der Waals surface area contributed by atoms with Crippen molar-refractivity contribution in [1.29, 1.82) is 0 Å². The van der Waals surface area contributed by atoms with Crippen molar-refractivity contribution < 1.29 is 14.2 Å². The lowest BCUT2D eigenvalue weighted by molar-refractivity contribution is 0.163. The molecule has 0 saturated carbocycles. The Bertz CT molecular complexity index is 2370. The Hall–Kier alpha value is -5.28. The molecule has 3 nitrogen and oxygen atoms in total. The lowest BCUT2D eigenvalue weighted by Gasteiger charge is -2.40. The summed E-state index contributed by atoms with van der Waals surface area (Å²) in [6.07, 6.45) is 6.66. The largest absolute Gasteiger partial charge is 0.497 e. The highest BCUT2D eigenvalue weighted by atomic mass is 16.5. The molecule has 0 N–H and O–H groups in total. The van der Waals surface area contributed by atoms with E-state index in [1.54, 1.807) is 14.2 Å². The molecule has 0 bridgehead atoms. The van der Waals surface area contributed by atoms with Crippen LogP contribution in [0.5, 0.6) is 17.2 Å². The molecule has 0 fully saturated rings. The van der Waals surface area contributed by atoms with Crippen LogP contribution in [0.25, 0.3) is 39.1 Å². The van der Waals surface area contributed by atoms with Gasteiger partial charge in [0.05, 0.1) is 14.2 Å². The fourth-order valence-corrected chi connectivity index (χ4v) is 9.51. The second kappa shape index (κ2) is 10.9. The average Bonchev–Trinajstić information content (AvgIpc) is 3.60. The van der Waals surface area contributed by atoms with Gasteiger partial charge in [0.15, 0.2) is 5.60 Å². The average molecular weight is 655 g/mol. The molecular weight excluding hydrogens is 613 g/mol. The summed E-state index contributed by atoms with van der Waals surface area (Å²) in [5, 5.41) is 2.26. The number of ether oxygens (including phenoxy) is 3. The maximum atomic E-state index is 7.71. The van der Waals surface area contributed by atoms with E-state index in [1.807, 2.05) is 12.1 Å². The van der Waals surface area contributed by atoms with E-state index >= 15 is 0 Å². The molecule has 50 heavy (non-hydrogen) atoms. The minimum atomic E-state index is -0.893. The molecule has 3 heteroatoms. The molecule has 0 radical (unpaired) electrons. The Morgan fingerprint density at radius 1 is 0.600 bits per heavy atom. The van der Waals surface area contributed by atoms with Crippen molar-refractivity contribution >= 4 is 16.8 Å². The van der Waals surface area contributed by atoms with Gasteiger partial charge in [-0.15, -0.1) is 0 Å². The van der Waals surface area contributed by atoms with Crippen LogP contribution in [-0.2, 0) is 16.4 Å². The first-order chi connectivity index (χ1) is 24.3. The van der Waals surface area contributed by atoms with Gasteiger partial charge in [-0.3, -0.25) is 0 Å². The van der Waals surface area contributed by atoms with Crippen LogP contribution in [0.15, 0.2) is 115 Å². The second-order valence-corrected chi connectivity index (χ2v) is 14.6. The van der Waals surface area contributed by atoms with Gasteiger partial charge in [0.1, 0.15) is 17.2 Å². The van der Waals surface area contributed by atoms with E-state index in [-0.39, 0.29) is 10.8 Å². The van der Waals surface area contributed by atoms with Gasteiger partial charge < -0.3 is 14.2 Å². The minimum absolute atomic E-state index is 0.124. The van der Waals surface area contributed by atoms with E-state index < -0.39 is 5.60 Å². The standard InChI is InChI=1S/C47H42O3/c1-7-46(8-2)40-16-12-10-14-36(40)42-35-24-22-32(49-6)28-38(35)44-37(43(42)46)25-26-47(50-44,29-17-20-31(48-5)21-18-29)30-19-23-34-33-13-9-11-15-39(33)45(3,4)41(34)27-30/h9-28H,7-8H2,1-6H3. The van der Waals surface area contributed by atoms with Gasteiger partial charge in [0, 0.05) is 32.9 Å². The number of hydrogen-bond acceptors (Lipinski definition) is 3. The van der Waals surface area contributed by atoms with E-state index in [0.717, 1.165) is 46.6 Å². The first-order valence-electron chi connectivity index (χ1n) is 17.9. The van der Waals surface area contributed by atoms with Crippen molar-refractivity contribution in [2.75, 3.05) is 14.2 Å². The van der Waals surface area contributed by atoms with Crippen molar-refractivity contribution in [3.63, 3.8) is 0 Å². The summed E-state index contributed by atoms with van der Waals surface area (Å²) in [6, 6.07) is 39.6. The molecule has 248 valence electrons. The molecule has 0 spiro atoms. The highest BCUT2D eigenvalue weighted by Crippen LogP contribution is 2.61. The monoisotopic (exact) mass is 654 g/mol. The predicted molar refractivity (Wildman–Crippen MR) is 205 cm³/mol. The lowest BCUT2D eigenvalue weighted by Crippen LogP contribution is -2.35. The second-order valence-electron chi connectivity index (χ2n) is 14.6. The van der Waals surface area contributed by atoms with Crippen molar-refractivity contribution in [2.24, 2.45) is 0 Å². The molecular formula is C47H42O3. The molecule has 1 unspecified atom stereocenters. The quantitative estimate of drug-likeness (QED) is 0.179. The SMILES string of the molecule is CCC1(CC)c2ccccc2-c2c1c1c(c3cc(OC)ccc23)OC(c2ccc(OC)cc2)(c2ccc3c(c2)C(C)(C)c2ccccc2-3)C=C1. The van der Waals surface area contributed by atoms with Crippen LogP contribution in [-0.4, -0.2) is 14.2 Å². The lowest BCUT2D eigenvalue weighted by atomic mass is 9.71. The maximum Gasteiger partial charge on any atom is 0.178 e. The molecule has 1 atom stereocenters. The summed E-state index contributed by atoms with van der Waals surface area (Å²) >= 11 is 0. The minimum Gasteiger partial charge on any atom is -0.497 e. The van der Waals surface area contributed by atoms with Crippen molar-refractivity contribution in [2.45, 2.75) is 57.0 Å². The molecule has 1 aliphatic heterocycles. The van der Waals surface area contributed by atoms with Crippen LogP contribution < -0.4 is 14.2 Å². The number of benzene rings is 6. The maximum absolute atomic E-state index is 7.71. The van der Waals surface area contributed by atoms with Crippen molar-refractivity contribution in [3.05, 3.63) is 154 Å². The summed E-state index contributed by atoms with van der Waals surface area (Å²) in [5.41, 5.74) is 12.9. The van der Waals surface area contributed by atoms with Crippen LogP contribution in [0.2, 0.25) is 0 Å². The number of rotatable bonds is 6. The van der Waals surface area contributed by atoms with Gasteiger partial charge in [-0.1, -0.05) is 107 Å². The smallest absolute Gasteiger partial charge is 0.178 e. The third kappa shape index (κ3) is 3.92. The topological polar surface area (TPSA) is 27.7 Å². The van der Waals surface area contributed by atoms with E-state index in [1.165, 1.54) is 55.5 Å². The Balaban J connectivity index is 1.35. The summed E-state index contributed by atoms with van der Waals surface area (Å²) in [6.45, 7) is 9.34. The zero-order valence-corrected chi connectivity index (χ0v) is 29.7. The molecule has 2 aliphatic carbocycles. The highest BCUT2D eigenvalue weighted by Gasteiger charge is 2.47. The fraction of sp³-hybridized carbons (Fsp3) is 0.234.